The molecule has 3 unspecified atom stereocenters. The van der Waals surface area contributed by atoms with Crippen molar-refractivity contribution in [3.8, 4) is 0 Å². The lowest BCUT2D eigenvalue weighted by Gasteiger charge is -2.48. The van der Waals surface area contributed by atoms with Crippen LogP contribution in [0.1, 0.15) is 77.7 Å². The summed E-state index contributed by atoms with van der Waals surface area (Å²) >= 11 is 6.01. The van der Waals surface area contributed by atoms with E-state index < -0.39 is 0 Å². The predicted octanol–water partition coefficient (Wildman–Crippen LogP) is 5.57. The average Bonchev–Trinajstić information content (AvgIpc) is 2.78. The number of benzene rings is 1. The van der Waals surface area contributed by atoms with Gasteiger partial charge in [-0.3, -0.25) is 9.59 Å². The molecule has 0 radical (unpaired) electrons. The zero-order valence-electron chi connectivity index (χ0n) is 20.1. The van der Waals surface area contributed by atoms with Gasteiger partial charge in [0.15, 0.2) is 5.76 Å². The fourth-order valence-corrected chi connectivity index (χ4v) is 5.67. The van der Waals surface area contributed by atoms with Crippen molar-refractivity contribution in [3.63, 3.8) is 0 Å². The zero-order chi connectivity index (χ0) is 23.6. The van der Waals surface area contributed by atoms with Crippen LogP contribution in [-0.4, -0.2) is 41.4 Å². The maximum absolute atomic E-state index is 13.6. The zero-order valence-corrected chi connectivity index (χ0v) is 20.9. The fourth-order valence-electron chi connectivity index (χ4n) is 5.55. The van der Waals surface area contributed by atoms with Crippen LogP contribution in [0.5, 0.6) is 0 Å². The second kappa shape index (κ2) is 10.1. The predicted molar refractivity (Wildman–Crippen MR) is 132 cm³/mol. The van der Waals surface area contributed by atoms with Gasteiger partial charge >= 0.3 is 0 Å². The van der Waals surface area contributed by atoms with Gasteiger partial charge in [-0.05, 0) is 67.2 Å². The van der Waals surface area contributed by atoms with Crippen LogP contribution in [0.25, 0.3) is 6.08 Å². The van der Waals surface area contributed by atoms with Gasteiger partial charge in [-0.1, -0.05) is 63.8 Å². The molecule has 1 saturated heterocycles. The molecule has 2 aliphatic carbocycles. The van der Waals surface area contributed by atoms with Crippen LogP contribution in [0, 0.1) is 11.3 Å². The molecule has 4 rings (SSSR count). The second-order valence-electron chi connectivity index (χ2n) is 11.0. The number of carbonyl (C=O) groups is 2. The van der Waals surface area contributed by atoms with Crippen LogP contribution >= 0.6 is 11.6 Å². The maximum atomic E-state index is 13.6. The van der Waals surface area contributed by atoms with E-state index in [-0.39, 0.29) is 42.0 Å². The summed E-state index contributed by atoms with van der Waals surface area (Å²) in [6.45, 7) is 6.87. The molecule has 2 amide bonds. The molecular formula is C27H37ClN2O3. The first-order chi connectivity index (χ1) is 15.7. The molecule has 33 heavy (non-hydrogen) atoms. The minimum atomic E-state index is -0.195. The van der Waals surface area contributed by atoms with Crippen LogP contribution in [0.2, 0.25) is 5.02 Å². The third kappa shape index (κ3) is 5.92. The number of rotatable bonds is 4. The van der Waals surface area contributed by atoms with E-state index in [4.69, 9.17) is 16.3 Å². The molecule has 5 nitrogen and oxygen atoms in total. The van der Waals surface area contributed by atoms with Crippen molar-refractivity contribution >= 4 is 29.5 Å². The van der Waals surface area contributed by atoms with Crippen molar-refractivity contribution in [2.45, 2.75) is 90.3 Å². The number of carbonyl (C=O) groups excluding carboxylic acids is 2. The Bertz CT molecular complexity index is 884. The first-order valence-corrected chi connectivity index (χ1v) is 12.8. The molecule has 1 heterocycles. The first-order valence-electron chi connectivity index (χ1n) is 12.4. The molecule has 0 aromatic heterocycles. The lowest BCUT2D eigenvalue weighted by atomic mass is 9.69. The third-order valence-corrected chi connectivity index (χ3v) is 7.83. The van der Waals surface area contributed by atoms with Gasteiger partial charge in [-0.25, -0.2) is 0 Å². The van der Waals surface area contributed by atoms with Crippen LogP contribution in [0.15, 0.2) is 30.0 Å². The number of nitrogens with one attached hydrogen (secondary N) is 1. The summed E-state index contributed by atoms with van der Waals surface area (Å²) < 4.78 is 6.26. The molecule has 1 N–H and O–H groups in total. The van der Waals surface area contributed by atoms with E-state index in [9.17, 15) is 9.59 Å². The quantitative estimate of drug-likeness (QED) is 0.582. The van der Waals surface area contributed by atoms with E-state index in [0.29, 0.717) is 16.7 Å². The van der Waals surface area contributed by atoms with Crippen LogP contribution in [0.3, 0.4) is 0 Å². The van der Waals surface area contributed by atoms with E-state index in [2.05, 4.69) is 26.1 Å². The number of nitrogens with zero attached hydrogens (tertiary/aromatic N) is 1. The Morgan fingerprint density at radius 3 is 2.48 bits per heavy atom. The molecule has 1 aliphatic heterocycles. The molecule has 0 spiro atoms. The van der Waals surface area contributed by atoms with Crippen molar-refractivity contribution in [3.05, 3.63) is 40.6 Å². The van der Waals surface area contributed by atoms with Gasteiger partial charge in [-0.15, -0.1) is 0 Å². The number of hydrogen-bond acceptors (Lipinski definition) is 3. The molecule has 1 aromatic carbocycles. The van der Waals surface area contributed by atoms with Gasteiger partial charge in [0.2, 0.25) is 5.91 Å². The smallest absolute Gasteiger partial charge is 0.289 e. The van der Waals surface area contributed by atoms with E-state index in [1.165, 1.54) is 6.42 Å². The first kappa shape index (κ1) is 24.1. The molecule has 0 bridgehead atoms. The molecule has 3 atom stereocenters. The summed E-state index contributed by atoms with van der Waals surface area (Å²) in [5, 5.41) is 3.83. The highest BCUT2D eigenvalue weighted by Crippen LogP contribution is 2.42. The Kier molecular flexibility index (Phi) is 7.37. The van der Waals surface area contributed by atoms with Crippen molar-refractivity contribution in [2.24, 2.45) is 11.3 Å². The summed E-state index contributed by atoms with van der Waals surface area (Å²) in [5.41, 5.74) is 1.01. The van der Waals surface area contributed by atoms with Crippen LogP contribution in [-0.2, 0) is 14.3 Å². The number of amides is 2. The van der Waals surface area contributed by atoms with Gasteiger partial charge in [0, 0.05) is 11.1 Å². The van der Waals surface area contributed by atoms with Crippen molar-refractivity contribution in [1.29, 1.82) is 0 Å². The number of halogens is 1. The molecule has 180 valence electrons. The monoisotopic (exact) mass is 472 g/mol. The van der Waals surface area contributed by atoms with Crippen molar-refractivity contribution in [1.82, 2.24) is 10.2 Å². The number of morpholine rings is 1. The highest BCUT2D eigenvalue weighted by Gasteiger charge is 2.46. The molecular weight excluding hydrogens is 436 g/mol. The summed E-state index contributed by atoms with van der Waals surface area (Å²) in [5.74, 6) is 0.554. The molecule has 3 fully saturated rings. The summed E-state index contributed by atoms with van der Waals surface area (Å²) in [6.07, 6.45) is 10.1. The van der Waals surface area contributed by atoms with Gasteiger partial charge in [0.05, 0.1) is 6.04 Å². The fraction of sp³-hybridized carbons (Fsp3) is 0.630. The Balaban J connectivity index is 1.55. The van der Waals surface area contributed by atoms with E-state index in [1.807, 2.05) is 12.1 Å². The molecule has 2 saturated carbocycles. The minimum absolute atomic E-state index is 0.0559. The SMILES string of the molecule is CC(C)(C)C1CCC2O/C(=C/c3ccc(Cl)cc3)C(=O)N(CC(=O)NC3CCCCC3)C2C1. The average molecular weight is 473 g/mol. The molecule has 6 heteroatoms. The summed E-state index contributed by atoms with van der Waals surface area (Å²) in [4.78, 5) is 28.3. The minimum Gasteiger partial charge on any atom is -0.482 e. The van der Waals surface area contributed by atoms with Crippen molar-refractivity contribution < 1.29 is 14.3 Å². The highest BCUT2D eigenvalue weighted by atomic mass is 35.5. The van der Waals surface area contributed by atoms with Crippen LogP contribution in [0.4, 0.5) is 0 Å². The highest BCUT2D eigenvalue weighted by molar-refractivity contribution is 6.30. The topological polar surface area (TPSA) is 58.6 Å². The lowest BCUT2D eigenvalue weighted by Crippen LogP contribution is -2.59. The largest absolute Gasteiger partial charge is 0.482 e. The van der Waals surface area contributed by atoms with Crippen molar-refractivity contribution in [2.75, 3.05) is 6.54 Å². The summed E-state index contributed by atoms with van der Waals surface area (Å²) in [6, 6.07) is 7.50. The molecule has 1 aromatic rings. The molecule has 3 aliphatic rings. The Morgan fingerprint density at radius 1 is 1.12 bits per heavy atom. The number of fused-ring (bicyclic) bond motifs is 1. The van der Waals surface area contributed by atoms with E-state index in [1.54, 1.807) is 23.1 Å². The number of hydrogen-bond donors (Lipinski definition) is 1. The van der Waals surface area contributed by atoms with E-state index in [0.717, 1.165) is 50.5 Å². The lowest BCUT2D eigenvalue weighted by molar-refractivity contribution is -0.154. The summed E-state index contributed by atoms with van der Waals surface area (Å²) in [7, 11) is 0. The van der Waals surface area contributed by atoms with Gasteiger partial charge in [0.1, 0.15) is 12.6 Å². The number of ether oxygens (including phenoxy) is 1. The Morgan fingerprint density at radius 2 is 1.82 bits per heavy atom. The third-order valence-electron chi connectivity index (χ3n) is 7.58. The van der Waals surface area contributed by atoms with Gasteiger partial charge in [-0.2, -0.15) is 0 Å². The van der Waals surface area contributed by atoms with Crippen LogP contribution < -0.4 is 5.32 Å². The van der Waals surface area contributed by atoms with Gasteiger partial charge < -0.3 is 15.0 Å². The second-order valence-corrected chi connectivity index (χ2v) is 11.4. The Hall–Kier alpha value is -2.01. The van der Waals surface area contributed by atoms with Gasteiger partial charge in [0.25, 0.3) is 5.91 Å². The van der Waals surface area contributed by atoms with E-state index >= 15 is 0 Å². The normalized spacial score (nSPS) is 27.8. The Labute approximate surface area is 202 Å². The maximum Gasteiger partial charge on any atom is 0.289 e. The standard InChI is InChI=1S/C27H37ClN2O3/c1-27(2,3)19-11-14-23-22(16-19)30(17-25(31)29-21-7-5-4-6-8-21)26(32)24(33-23)15-18-9-12-20(28)13-10-18/h9-10,12-13,15,19,21-23H,4-8,11,14,16-17H2,1-3H3,(H,29,31)/b24-15+.